The molecule has 0 bridgehead atoms. The van der Waals surface area contributed by atoms with E-state index in [0.29, 0.717) is 28.5 Å². The van der Waals surface area contributed by atoms with E-state index in [2.05, 4.69) is 5.32 Å². The predicted molar refractivity (Wildman–Crippen MR) is 131 cm³/mol. The fraction of sp³-hybridized carbons (Fsp3) is 0.0741. The Balaban J connectivity index is 1.51. The van der Waals surface area contributed by atoms with Crippen molar-refractivity contribution in [3.8, 4) is 11.5 Å². The minimum atomic E-state index is -0.852. The summed E-state index contributed by atoms with van der Waals surface area (Å²) in [6.07, 6.45) is 2.80. The van der Waals surface area contributed by atoms with Gasteiger partial charge in [0.05, 0.1) is 11.3 Å². The van der Waals surface area contributed by atoms with Gasteiger partial charge in [-0.15, -0.1) is 0 Å². The van der Waals surface area contributed by atoms with E-state index in [0.717, 1.165) is 17.2 Å². The lowest BCUT2D eigenvalue weighted by atomic mass is 10.1. The van der Waals surface area contributed by atoms with Crippen molar-refractivity contribution in [1.29, 1.82) is 0 Å². The molecule has 1 amide bonds. The first-order valence-corrected chi connectivity index (χ1v) is 11.2. The number of ketones is 1. The molecule has 7 nitrogen and oxygen atoms in total. The molecular formula is C27H19ClN2O5. The first kappa shape index (κ1) is 22.4. The van der Waals surface area contributed by atoms with Crippen molar-refractivity contribution in [2.75, 3.05) is 6.61 Å². The highest BCUT2D eigenvalue weighted by Gasteiger charge is 2.25. The lowest BCUT2D eigenvalue weighted by molar-refractivity contribution is -0.135. The van der Waals surface area contributed by atoms with Gasteiger partial charge < -0.3 is 19.4 Å². The highest BCUT2D eigenvalue weighted by Crippen LogP contribution is 2.30. The SMILES string of the molecule is O=C1C=C(NC(=O)C(=O)c2cn(Cc3ccc(Cl)cc3)c3ccc(Oc4ccccc4)cc23)CO1. The fourth-order valence-corrected chi connectivity index (χ4v) is 3.96. The molecule has 1 aliphatic heterocycles. The van der Waals surface area contributed by atoms with Gasteiger partial charge in [0, 0.05) is 34.7 Å². The number of nitrogens with zero attached hydrogens (tertiary/aromatic N) is 1. The summed E-state index contributed by atoms with van der Waals surface area (Å²) < 4.78 is 12.6. The third kappa shape index (κ3) is 4.95. The van der Waals surface area contributed by atoms with Crippen LogP contribution in [-0.2, 0) is 20.9 Å². The van der Waals surface area contributed by atoms with Crippen LogP contribution in [-0.4, -0.2) is 28.8 Å². The molecule has 5 rings (SSSR count). The maximum absolute atomic E-state index is 13.2. The van der Waals surface area contributed by atoms with Crippen LogP contribution < -0.4 is 10.1 Å². The van der Waals surface area contributed by atoms with Crippen LogP contribution in [0.3, 0.4) is 0 Å². The van der Waals surface area contributed by atoms with Crippen molar-refractivity contribution in [2.24, 2.45) is 0 Å². The molecule has 0 aliphatic carbocycles. The minimum Gasteiger partial charge on any atom is -0.457 e. The van der Waals surface area contributed by atoms with Crippen LogP contribution in [0.2, 0.25) is 5.02 Å². The quantitative estimate of drug-likeness (QED) is 0.229. The lowest BCUT2D eigenvalue weighted by Gasteiger charge is -2.08. The molecule has 1 aromatic heterocycles. The number of benzene rings is 3. The molecule has 1 N–H and O–H groups in total. The van der Waals surface area contributed by atoms with E-state index in [1.807, 2.05) is 59.2 Å². The van der Waals surface area contributed by atoms with Gasteiger partial charge in [0.2, 0.25) is 0 Å². The number of esters is 1. The van der Waals surface area contributed by atoms with Gasteiger partial charge in [-0.1, -0.05) is 41.9 Å². The predicted octanol–water partition coefficient (Wildman–Crippen LogP) is 4.87. The molecule has 8 heteroatoms. The van der Waals surface area contributed by atoms with Gasteiger partial charge in [0.25, 0.3) is 11.7 Å². The number of ether oxygens (including phenoxy) is 2. The van der Waals surface area contributed by atoms with Crippen LogP contribution >= 0.6 is 11.6 Å². The van der Waals surface area contributed by atoms with Crippen LogP contribution in [0, 0.1) is 0 Å². The standard InChI is InChI=1S/C27H19ClN2O5/c28-18-8-6-17(7-9-18)14-30-15-23(26(32)27(33)29-19-12-25(31)34-16-19)22-13-21(10-11-24(22)30)35-20-4-2-1-3-5-20/h1-13,15H,14,16H2,(H,29,33). The Morgan fingerprint density at radius 3 is 2.49 bits per heavy atom. The molecule has 0 saturated carbocycles. The van der Waals surface area contributed by atoms with Crippen molar-refractivity contribution in [3.63, 3.8) is 0 Å². The maximum Gasteiger partial charge on any atom is 0.333 e. The molecule has 0 unspecified atom stereocenters. The third-order valence-electron chi connectivity index (χ3n) is 5.48. The van der Waals surface area contributed by atoms with E-state index in [1.165, 1.54) is 0 Å². The van der Waals surface area contributed by atoms with Crippen LogP contribution in [0.15, 0.2) is 90.8 Å². The molecule has 3 aromatic carbocycles. The number of rotatable bonds is 7. The maximum atomic E-state index is 13.2. The number of amides is 1. The largest absolute Gasteiger partial charge is 0.457 e. The lowest BCUT2D eigenvalue weighted by Crippen LogP contribution is -2.31. The Hall–Kier alpha value is -4.36. The van der Waals surface area contributed by atoms with E-state index in [1.54, 1.807) is 24.4 Å². The van der Waals surface area contributed by atoms with Crippen molar-refractivity contribution >= 4 is 40.2 Å². The Labute approximate surface area is 205 Å². The summed E-state index contributed by atoms with van der Waals surface area (Å²) >= 11 is 6.01. The molecule has 0 saturated heterocycles. The molecule has 0 atom stereocenters. The molecule has 35 heavy (non-hydrogen) atoms. The van der Waals surface area contributed by atoms with E-state index in [9.17, 15) is 14.4 Å². The number of carbonyl (C=O) groups is 3. The number of para-hydroxylation sites is 1. The number of carbonyl (C=O) groups excluding carboxylic acids is 3. The zero-order chi connectivity index (χ0) is 24.4. The average Bonchev–Trinajstić information content (AvgIpc) is 3.43. The first-order valence-electron chi connectivity index (χ1n) is 10.8. The van der Waals surface area contributed by atoms with Crippen molar-refractivity contribution in [2.45, 2.75) is 6.54 Å². The zero-order valence-electron chi connectivity index (χ0n) is 18.4. The molecule has 0 fully saturated rings. The Kier molecular flexibility index (Phi) is 6.08. The Morgan fingerprint density at radius 1 is 1.00 bits per heavy atom. The second-order valence-corrected chi connectivity index (χ2v) is 8.39. The van der Waals surface area contributed by atoms with Gasteiger partial charge in [0.15, 0.2) is 0 Å². The van der Waals surface area contributed by atoms with Crippen LogP contribution in [0.5, 0.6) is 11.5 Å². The summed E-state index contributed by atoms with van der Waals surface area (Å²) in [5.41, 5.74) is 2.20. The van der Waals surface area contributed by atoms with Crippen LogP contribution in [0.4, 0.5) is 0 Å². The van der Waals surface area contributed by atoms with E-state index >= 15 is 0 Å². The topological polar surface area (TPSA) is 86.6 Å². The van der Waals surface area contributed by atoms with Gasteiger partial charge in [0.1, 0.15) is 18.1 Å². The second-order valence-electron chi connectivity index (χ2n) is 7.95. The van der Waals surface area contributed by atoms with Crippen molar-refractivity contribution in [3.05, 3.63) is 107 Å². The second kappa shape index (κ2) is 9.48. The number of hydrogen-bond acceptors (Lipinski definition) is 5. The summed E-state index contributed by atoms with van der Waals surface area (Å²) in [5, 5.41) is 3.66. The summed E-state index contributed by atoms with van der Waals surface area (Å²) in [7, 11) is 0. The van der Waals surface area contributed by atoms with Crippen molar-refractivity contribution < 1.29 is 23.9 Å². The average molecular weight is 487 g/mol. The van der Waals surface area contributed by atoms with Gasteiger partial charge in [-0.2, -0.15) is 0 Å². The molecule has 1 aliphatic rings. The fourth-order valence-electron chi connectivity index (χ4n) is 3.83. The normalized spacial score (nSPS) is 12.8. The van der Waals surface area contributed by atoms with Crippen LogP contribution in [0.25, 0.3) is 10.9 Å². The first-order chi connectivity index (χ1) is 17.0. The van der Waals surface area contributed by atoms with E-state index < -0.39 is 17.7 Å². The molecule has 0 spiro atoms. The minimum absolute atomic E-state index is 0.0781. The van der Waals surface area contributed by atoms with Gasteiger partial charge in [-0.05, 0) is 48.0 Å². The molecule has 174 valence electrons. The van der Waals surface area contributed by atoms with Gasteiger partial charge in [-0.3, -0.25) is 9.59 Å². The summed E-state index contributed by atoms with van der Waals surface area (Å²) in [4.78, 5) is 37.2. The smallest absolute Gasteiger partial charge is 0.333 e. The Morgan fingerprint density at radius 2 is 1.77 bits per heavy atom. The monoisotopic (exact) mass is 486 g/mol. The summed E-state index contributed by atoms with van der Waals surface area (Å²) in [5.74, 6) is -0.970. The number of aromatic nitrogens is 1. The third-order valence-corrected chi connectivity index (χ3v) is 5.74. The Bertz CT molecular complexity index is 1470. The molecule has 4 aromatic rings. The number of nitrogens with one attached hydrogen (secondary N) is 1. The number of halogens is 1. The number of cyclic esters (lactones) is 1. The number of Topliss-reactive ketones (excluding diaryl/α,β-unsaturated/α-hetero) is 1. The number of hydrogen-bond donors (Lipinski definition) is 1. The summed E-state index contributed by atoms with van der Waals surface area (Å²) in [6, 6.07) is 22.1. The van der Waals surface area contributed by atoms with E-state index in [4.69, 9.17) is 21.1 Å². The van der Waals surface area contributed by atoms with Crippen molar-refractivity contribution in [1.82, 2.24) is 9.88 Å². The van der Waals surface area contributed by atoms with Gasteiger partial charge >= 0.3 is 5.97 Å². The molecule has 2 heterocycles. The van der Waals surface area contributed by atoms with Crippen LogP contribution in [0.1, 0.15) is 15.9 Å². The highest BCUT2D eigenvalue weighted by molar-refractivity contribution is 6.45. The molecular weight excluding hydrogens is 468 g/mol. The number of fused-ring (bicyclic) bond motifs is 1. The van der Waals surface area contributed by atoms with E-state index in [-0.39, 0.29) is 17.9 Å². The molecule has 0 radical (unpaired) electrons. The summed E-state index contributed by atoms with van der Waals surface area (Å²) in [6.45, 7) is 0.389. The van der Waals surface area contributed by atoms with Gasteiger partial charge in [-0.25, -0.2) is 4.79 Å². The zero-order valence-corrected chi connectivity index (χ0v) is 19.1. The highest BCUT2D eigenvalue weighted by atomic mass is 35.5.